The fraction of sp³-hybridized carbons (Fsp3) is 0.0625. The topological polar surface area (TPSA) is 81.5 Å². The number of ether oxygens (including phenoxy) is 1. The lowest BCUT2D eigenvalue weighted by Crippen LogP contribution is -2.09. The molecule has 0 atom stereocenters. The van der Waals surface area contributed by atoms with Crippen LogP contribution in [0.25, 0.3) is 6.08 Å². The standard InChI is InChI=1S/C16H12BrFN2O4/c1-24-16-12(17)8-11(18)9-13(16)19-15(21)7-6-10-4-2-3-5-14(10)20(22)23/h2-9H,1H3,(H,19,21)/b7-6+. The minimum Gasteiger partial charge on any atom is -0.493 e. The number of para-hydroxylation sites is 1. The summed E-state index contributed by atoms with van der Waals surface area (Å²) in [7, 11) is 1.39. The van der Waals surface area contributed by atoms with Crippen molar-refractivity contribution in [3.05, 3.63) is 68.4 Å². The third kappa shape index (κ3) is 4.17. The number of anilines is 1. The minimum atomic E-state index is -0.580. The highest BCUT2D eigenvalue weighted by Crippen LogP contribution is 2.34. The normalized spacial score (nSPS) is 10.6. The second-order valence-electron chi connectivity index (χ2n) is 4.61. The first-order valence-corrected chi connectivity index (χ1v) is 7.47. The molecule has 0 bridgehead atoms. The Bertz CT molecular complexity index is 824. The van der Waals surface area contributed by atoms with Crippen molar-refractivity contribution in [2.45, 2.75) is 0 Å². The molecule has 2 aromatic rings. The highest BCUT2D eigenvalue weighted by atomic mass is 79.9. The number of hydrogen-bond acceptors (Lipinski definition) is 4. The number of carbonyl (C=O) groups is 1. The number of benzene rings is 2. The second-order valence-corrected chi connectivity index (χ2v) is 5.46. The molecule has 1 amide bonds. The van der Waals surface area contributed by atoms with Crippen LogP contribution in [0.1, 0.15) is 5.56 Å². The Hall–Kier alpha value is -2.74. The third-order valence-electron chi connectivity index (χ3n) is 3.02. The lowest BCUT2D eigenvalue weighted by molar-refractivity contribution is -0.385. The Morgan fingerprint density at radius 1 is 1.38 bits per heavy atom. The van der Waals surface area contributed by atoms with Gasteiger partial charge in [0, 0.05) is 18.2 Å². The van der Waals surface area contributed by atoms with E-state index in [0.717, 1.165) is 12.1 Å². The summed E-state index contributed by atoms with van der Waals surface area (Å²) in [5, 5.41) is 13.4. The van der Waals surface area contributed by atoms with E-state index in [1.807, 2.05) is 0 Å². The summed E-state index contributed by atoms with van der Waals surface area (Å²) >= 11 is 3.14. The lowest BCUT2D eigenvalue weighted by atomic mass is 10.1. The first-order valence-electron chi connectivity index (χ1n) is 6.68. The van der Waals surface area contributed by atoms with E-state index in [4.69, 9.17) is 4.74 Å². The van der Waals surface area contributed by atoms with E-state index in [0.29, 0.717) is 4.47 Å². The molecular formula is C16H12BrFN2O4. The summed E-state index contributed by atoms with van der Waals surface area (Å²) in [6.07, 6.45) is 2.44. The molecule has 0 aromatic heterocycles. The van der Waals surface area contributed by atoms with Gasteiger partial charge in [0.2, 0.25) is 5.91 Å². The van der Waals surface area contributed by atoms with Crippen molar-refractivity contribution in [2.24, 2.45) is 0 Å². The summed E-state index contributed by atoms with van der Waals surface area (Å²) in [6.45, 7) is 0. The van der Waals surface area contributed by atoms with E-state index >= 15 is 0 Å². The molecule has 0 saturated heterocycles. The van der Waals surface area contributed by atoms with E-state index in [1.54, 1.807) is 6.07 Å². The SMILES string of the molecule is COc1c(Br)cc(F)cc1NC(=O)/C=C/c1ccccc1[N+](=O)[O-]. The molecule has 0 aliphatic carbocycles. The van der Waals surface area contributed by atoms with Crippen LogP contribution in [0.3, 0.4) is 0 Å². The number of rotatable bonds is 5. The van der Waals surface area contributed by atoms with Crippen LogP contribution in [0, 0.1) is 15.9 Å². The van der Waals surface area contributed by atoms with Crippen molar-refractivity contribution < 1.29 is 18.8 Å². The molecule has 0 spiro atoms. The van der Waals surface area contributed by atoms with Crippen LogP contribution in [0.5, 0.6) is 5.75 Å². The third-order valence-corrected chi connectivity index (χ3v) is 3.61. The monoisotopic (exact) mass is 394 g/mol. The lowest BCUT2D eigenvalue weighted by Gasteiger charge is -2.10. The Morgan fingerprint density at radius 2 is 2.08 bits per heavy atom. The van der Waals surface area contributed by atoms with Crippen LogP contribution in [0.4, 0.5) is 15.8 Å². The van der Waals surface area contributed by atoms with Gasteiger partial charge in [-0.05, 0) is 34.1 Å². The van der Waals surface area contributed by atoms with E-state index in [1.165, 1.54) is 37.5 Å². The van der Waals surface area contributed by atoms with Gasteiger partial charge in [0.05, 0.1) is 27.8 Å². The first kappa shape index (κ1) is 17.6. The van der Waals surface area contributed by atoms with Crippen molar-refractivity contribution in [1.29, 1.82) is 0 Å². The van der Waals surface area contributed by atoms with Gasteiger partial charge in [0.1, 0.15) is 5.82 Å². The summed E-state index contributed by atoms with van der Waals surface area (Å²) in [5.74, 6) is -0.867. The first-order chi connectivity index (χ1) is 11.4. The van der Waals surface area contributed by atoms with Gasteiger partial charge in [-0.2, -0.15) is 0 Å². The van der Waals surface area contributed by atoms with Crippen LogP contribution in [-0.4, -0.2) is 17.9 Å². The minimum absolute atomic E-state index is 0.118. The number of nitro benzene ring substituents is 1. The van der Waals surface area contributed by atoms with Gasteiger partial charge in [-0.25, -0.2) is 4.39 Å². The van der Waals surface area contributed by atoms with Crippen molar-refractivity contribution >= 4 is 39.3 Å². The van der Waals surface area contributed by atoms with Crippen LogP contribution < -0.4 is 10.1 Å². The van der Waals surface area contributed by atoms with Gasteiger partial charge in [-0.15, -0.1) is 0 Å². The molecule has 0 unspecified atom stereocenters. The number of hydrogen-bond donors (Lipinski definition) is 1. The largest absolute Gasteiger partial charge is 0.493 e. The Balaban J connectivity index is 2.22. The molecule has 124 valence electrons. The van der Waals surface area contributed by atoms with Gasteiger partial charge in [-0.3, -0.25) is 14.9 Å². The summed E-state index contributed by atoms with van der Waals surface area (Å²) in [5.41, 5.74) is 0.305. The molecule has 1 N–H and O–H groups in total. The average Bonchev–Trinajstić information content (AvgIpc) is 2.52. The van der Waals surface area contributed by atoms with E-state index in [9.17, 15) is 19.3 Å². The zero-order valence-corrected chi connectivity index (χ0v) is 14.0. The molecule has 0 heterocycles. The van der Waals surface area contributed by atoms with Crippen LogP contribution in [-0.2, 0) is 4.79 Å². The Kier molecular flexibility index (Phi) is 5.64. The zero-order valence-electron chi connectivity index (χ0n) is 12.5. The number of nitro groups is 1. The van der Waals surface area contributed by atoms with Gasteiger partial charge < -0.3 is 10.1 Å². The van der Waals surface area contributed by atoms with Gasteiger partial charge in [-0.1, -0.05) is 12.1 Å². The van der Waals surface area contributed by atoms with Crippen molar-refractivity contribution in [2.75, 3.05) is 12.4 Å². The molecule has 24 heavy (non-hydrogen) atoms. The van der Waals surface area contributed by atoms with Crippen LogP contribution in [0.15, 0.2) is 46.9 Å². The Morgan fingerprint density at radius 3 is 2.75 bits per heavy atom. The van der Waals surface area contributed by atoms with Crippen molar-refractivity contribution in [1.82, 2.24) is 0 Å². The average molecular weight is 395 g/mol. The highest BCUT2D eigenvalue weighted by molar-refractivity contribution is 9.10. The molecule has 8 heteroatoms. The molecular weight excluding hydrogens is 383 g/mol. The smallest absolute Gasteiger partial charge is 0.276 e. The maximum absolute atomic E-state index is 13.5. The summed E-state index contributed by atoms with van der Waals surface area (Å²) in [6, 6.07) is 8.32. The summed E-state index contributed by atoms with van der Waals surface area (Å²) in [4.78, 5) is 22.4. The van der Waals surface area contributed by atoms with Crippen molar-refractivity contribution in [3.63, 3.8) is 0 Å². The molecule has 0 radical (unpaired) electrons. The molecule has 0 aliphatic heterocycles. The van der Waals surface area contributed by atoms with Gasteiger partial charge >= 0.3 is 0 Å². The van der Waals surface area contributed by atoms with Crippen LogP contribution in [0.2, 0.25) is 0 Å². The molecule has 2 rings (SSSR count). The maximum Gasteiger partial charge on any atom is 0.276 e. The van der Waals surface area contributed by atoms with Crippen molar-refractivity contribution in [3.8, 4) is 5.75 Å². The second kappa shape index (κ2) is 7.69. The number of amides is 1. The molecule has 0 fully saturated rings. The number of nitrogens with one attached hydrogen (secondary N) is 1. The molecule has 6 nitrogen and oxygen atoms in total. The quantitative estimate of drug-likeness (QED) is 0.468. The van der Waals surface area contributed by atoms with Gasteiger partial charge in [0.25, 0.3) is 5.69 Å². The number of methoxy groups -OCH3 is 1. The van der Waals surface area contributed by atoms with E-state index < -0.39 is 16.6 Å². The van der Waals surface area contributed by atoms with E-state index in [2.05, 4.69) is 21.2 Å². The number of halogens is 2. The molecule has 0 aliphatic rings. The van der Waals surface area contributed by atoms with E-state index in [-0.39, 0.29) is 22.7 Å². The van der Waals surface area contributed by atoms with Gasteiger partial charge in [0.15, 0.2) is 5.75 Å². The zero-order chi connectivity index (χ0) is 17.7. The fourth-order valence-corrected chi connectivity index (χ4v) is 2.59. The number of carbonyl (C=O) groups excluding carboxylic acids is 1. The molecule has 2 aromatic carbocycles. The number of nitrogens with zero attached hydrogens (tertiary/aromatic N) is 1. The highest BCUT2D eigenvalue weighted by Gasteiger charge is 2.13. The predicted molar refractivity (Wildman–Crippen MR) is 91.4 cm³/mol. The predicted octanol–water partition coefficient (Wildman–Crippen LogP) is 4.16. The maximum atomic E-state index is 13.5. The van der Waals surface area contributed by atoms with Crippen LogP contribution >= 0.6 is 15.9 Å². The molecule has 0 saturated carbocycles. The fourth-order valence-electron chi connectivity index (χ4n) is 2.00. The summed E-state index contributed by atoms with van der Waals surface area (Å²) < 4.78 is 18.9. The Labute approximate surface area is 145 Å².